The van der Waals surface area contributed by atoms with Crippen LogP contribution in [0.4, 0.5) is 5.82 Å². The fraction of sp³-hybridized carbons (Fsp3) is 0.267. The van der Waals surface area contributed by atoms with E-state index in [2.05, 4.69) is 27.3 Å². The standard InChI is InChI=1S/C15H16ClN5/c1-3-12-10(9-21(2)20-12)7-17-14-8-18-15-11(16)5-4-6-13(15)19-14/h4-6,8-9H,3,7H2,1-2H3,(H,17,19). The number of para-hydroxylation sites is 1. The highest BCUT2D eigenvalue weighted by Gasteiger charge is 2.07. The molecule has 2 aromatic heterocycles. The molecule has 5 nitrogen and oxygen atoms in total. The molecule has 1 N–H and O–H groups in total. The quantitative estimate of drug-likeness (QED) is 0.804. The first-order valence-electron chi connectivity index (χ1n) is 6.84. The molecule has 0 spiro atoms. The SMILES string of the molecule is CCc1nn(C)cc1CNc1cnc2c(Cl)cccc2n1. The first-order chi connectivity index (χ1) is 10.2. The van der Waals surface area contributed by atoms with Crippen LogP contribution in [-0.2, 0) is 20.0 Å². The Labute approximate surface area is 128 Å². The molecule has 0 aliphatic heterocycles. The molecule has 6 heteroatoms. The maximum absolute atomic E-state index is 6.09. The van der Waals surface area contributed by atoms with Gasteiger partial charge in [0.25, 0.3) is 0 Å². The molecule has 3 rings (SSSR count). The molecule has 0 saturated heterocycles. The number of anilines is 1. The van der Waals surface area contributed by atoms with Crippen molar-refractivity contribution < 1.29 is 0 Å². The number of benzene rings is 1. The maximum Gasteiger partial charge on any atom is 0.145 e. The summed E-state index contributed by atoms with van der Waals surface area (Å²) in [7, 11) is 1.93. The lowest BCUT2D eigenvalue weighted by Crippen LogP contribution is -2.03. The molecule has 0 unspecified atom stereocenters. The van der Waals surface area contributed by atoms with Crippen molar-refractivity contribution in [1.29, 1.82) is 0 Å². The van der Waals surface area contributed by atoms with Crippen LogP contribution in [0.15, 0.2) is 30.6 Å². The molecule has 3 aromatic rings. The highest BCUT2D eigenvalue weighted by atomic mass is 35.5. The molecule has 2 heterocycles. The zero-order valence-corrected chi connectivity index (χ0v) is 12.7. The van der Waals surface area contributed by atoms with Crippen molar-refractivity contribution in [3.8, 4) is 0 Å². The van der Waals surface area contributed by atoms with Gasteiger partial charge in [-0.2, -0.15) is 5.10 Å². The number of hydrogen-bond acceptors (Lipinski definition) is 4. The van der Waals surface area contributed by atoms with Gasteiger partial charge in [0.1, 0.15) is 11.3 Å². The van der Waals surface area contributed by atoms with E-state index in [1.54, 1.807) is 6.20 Å². The minimum atomic E-state index is 0.618. The van der Waals surface area contributed by atoms with Crippen LogP contribution in [0.3, 0.4) is 0 Å². The van der Waals surface area contributed by atoms with Crippen LogP contribution < -0.4 is 5.32 Å². The summed E-state index contributed by atoms with van der Waals surface area (Å²) in [6.45, 7) is 2.78. The van der Waals surface area contributed by atoms with Gasteiger partial charge in [-0.15, -0.1) is 0 Å². The van der Waals surface area contributed by atoms with Crippen molar-refractivity contribution in [2.75, 3.05) is 5.32 Å². The van der Waals surface area contributed by atoms with Crippen LogP contribution in [0.25, 0.3) is 11.0 Å². The van der Waals surface area contributed by atoms with Gasteiger partial charge in [0.2, 0.25) is 0 Å². The third-order valence-electron chi connectivity index (χ3n) is 3.31. The molecule has 0 atom stereocenters. The molecular weight excluding hydrogens is 286 g/mol. The van der Waals surface area contributed by atoms with Crippen molar-refractivity contribution in [2.24, 2.45) is 7.05 Å². The average molecular weight is 302 g/mol. The van der Waals surface area contributed by atoms with E-state index in [-0.39, 0.29) is 0 Å². The number of aromatic nitrogens is 4. The first kappa shape index (κ1) is 13.8. The van der Waals surface area contributed by atoms with E-state index in [1.807, 2.05) is 36.1 Å². The molecular formula is C15H16ClN5. The third kappa shape index (κ3) is 2.83. The number of nitrogens with one attached hydrogen (secondary N) is 1. The summed E-state index contributed by atoms with van der Waals surface area (Å²) < 4.78 is 1.84. The summed E-state index contributed by atoms with van der Waals surface area (Å²) in [6.07, 6.45) is 4.64. The van der Waals surface area contributed by atoms with E-state index in [9.17, 15) is 0 Å². The Morgan fingerprint density at radius 2 is 2.19 bits per heavy atom. The molecule has 21 heavy (non-hydrogen) atoms. The highest BCUT2D eigenvalue weighted by molar-refractivity contribution is 6.34. The van der Waals surface area contributed by atoms with E-state index >= 15 is 0 Å². The summed E-state index contributed by atoms with van der Waals surface area (Å²) in [6, 6.07) is 5.59. The van der Waals surface area contributed by atoms with Gasteiger partial charge in [-0.05, 0) is 18.6 Å². The fourth-order valence-electron chi connectivity index (χ4n) is 2.31. The number of hydrogen-bond donors (Lipinski definition) is 1. The Morgan fingerprint density at radius 1 is 1.33 bits per heavy atom. The monoisotopic (exact) mass is 301 g/mol. The van der Waals surface area contributed by atoms with Crippen LogP contribution in [0.2, 0.25) is 5.02 Å². The van der Waals surface area contributed by atoms with E-state index < -0.39 is 0 Å². The van der Waals surface area contributed by atoms with Crippen LogP contribution in [0.5, 0.6) is 0 Å². The minimum Gasteiger partial charge on any atom is -0.365 e. The molecule has 0 amide bonds. The first-order valence-corrected chi connectivity index (χ1v) is 7.21. The fourth-order valence-corrected chi connectivity index (χ4v) is 2.52. The van der Waals surface area contributed by atoms with E-state index in [4.69, 9.17) is 11.6 Å². The Hall–Kier alpha value is -2.14. The second-order valence-electron chi connectivity index (χ2n) is 4.84. The normalized spacial score (nSPS) is 11.0. The van der Waals surface area contributed by atoms with Crippen molar-refractivity contribution >= 4 is 28.5 Å². The maximum atomic E-state index is 6.09. The zero-order chi connectivity index (χ0) is 14.8. The second-order valence-corrected chi connectivity index (χ2v) is 5.25. The predicted molar refractivity (Wildman–Crippen MR) is 84.5 cm³/mol. The summed E-state index contributed by atoms with van der Waals surface area (Å²) in [5.41, 5.74) is 3.78. The third-order valence-corrected chi connectivity index (χ3v) is 3.61. The van der Waals surface area contributed by atoms with Crippen molar-refractivity contribution in [2.45, 2.75) is 19.9 Å². The molecule has 0 radical (unpaired) electrons. The Kier molecular flexibility index (Phi) is 3.75. The van der Waals surface area contributed by atoms with E-state index in [0.717, 1.165) is 29.0 Å². The summed E-state index contributed by atoms with van der Waals surface area (Å²) >= 11 is 6.09. The molecule has 0 fully saturated rings. The molecule has 0 bridgehead atoms. The van der Waals surface area contributed by atoms with Crippen molar-refractivity contribution in [1.82, 2.24) is 19.7 Å². The van der Waals surface area contributed by atoms with Crippen LogP contribution in [-0.4, -0.2) is 19.7 Å². The number of rotatable bonds is 4. The number of aryl methyl sites for hydroxylation is 2. The lowest BCUT2D eigenvalue weighted by atomic mass is 10.2. The van der Waals surface area contributed by atoms with Gasteiger partial charge in [0, 0.05) is 25.4 Å². The number of halogens is 1. The Balaban J connectivity index is 1.82. The molecule has 0 saturated carbocycles. The molecule has 0 aliphatic carbocycles. The number of fused-ring (bicyclic) bond motifs is 1. The number of nitrogens with zero attached hydrogens (tertiary/aromatic N) is 4. The molecule has 0 aliphatic rings. The Bertz CT molecular complexity index is 781. The van der Waals surface area contributed by atoms with Gasteiger partial charge in [0.15, 0.2) is 0 Å². The van der Waals surface area contributed by atoms with E-state index in [1.165, 1.54) is 5.56 Å². The highest BCUT2D eigenvalue weighted by Crippen LogP contribution is 2.21. The van der Waals surface area contributed by atoms with Gasteiger partial charge in [-0.1, -0.05) is 24.6 Å². The smallest absolute Gasteiger partial charge is 0.145 e. The second kappa shape index (κ2) is 5.69. The van der Waals surface area contributed by atoms with Gasteiger partial charge < -0.3 is 5.32 Å². The molecule has 1 aromatic carbocycles. The summed E-state index contributed by atoms with van der Waals surface area (Å²) in [4.78, 5) is 8.89. The van der Waals surface area contributed by atoms with Gasteiger partial charge in [0.05, 0.1) is 22.4 Å². The average Bonchev–Trinajstić information content (AvgIpc) is 2.85. The topological polar surface area (TPSA) is 55.6 Å². The van der Waals surface area contributed by atoms with Crippen LogP contribution >= 0.6 is 11.6 Å². The largest absolute Gasteiger partial charge is 0.365 e. The minimum absolute atomic E-state index is 0.618. The van der Waals surface area contributed by atoms with Gasteiger partial charge >= 0.3 is 0 Å². The zero-order valence-electron chi connectivity index (χ0n) is 12.0. The van der Waals surface area contributed by atoms with Crippen LogP contribution in [0.1, 0.15) is 18.2 Å². The van der Waals surface area contributed by atoms with E-state index in [0.29, 0.717) is 11.6 Å². The van der Waals surface area contributed by atoms with Gasteiger partial charge in [-0.3, -0.25) is 4.68 Å². The summed E-state index contributed by atoms with van der Waals surface area (Å²) in [5.74, 6) is 0.732. The van der Waals surface area contributed by atoms with Crippen molar-refractivity contribution in [3.05, 3.63) is 46.9 Å². The predicted octanol–water partition coefficient (Wildman–Crippen LogP) is 3.19. The van der Waals surface area contributed by atoms with Gasteiger partial charge in [-0.25, -0.2) is 9.97 Å². The lowest BCUT2D eigenvalue weighted by molar-refractivity contribution is 0.746. The van der Waals surface area contributed by atoms with Crippen LogP contribution in [0, 0.1) is 0 Å². The van der Waals surface area contributed by atoms with Crippen molar-refractivity contribution in [3.63, 3.8) is 0 Å². The summed E-state index contributed by atoms with van der Waals surface area (Å²) in [5, 5.41) is 8.33. The Morgan fingerprint density at radius 3 is 3.00 bits per heavy atom. The molecule has 108 valence electrons. The lowest BCUT2D eigenvalue weighted by Gasteiger charge is -2.06.